The summed E-state index contributed by atoms with van der Waals surface area (Å²) in [4.78, 5) is 0. The second-order valence-electron chi connectivity index (χ2n) is 4.99. The van der Waals surface area contributed by atoms with E-state index in [9.17, 15) is 5.11 Å². The van der Waals surface area contributed by atoms with Gasteiger partial charge in [-0.25, -0.2) is 0 Å². The third kappa shape index (κ3) is 1.73. The van der Waals surface area contributed by atoms with Crippen LogP contribution in [0.25, 0.3) is 0 Å². The van der Waals surface area contributed by atoms with Crippen molar-refractivity contribution in [2.24, 2.45) is 5.92 Å². The van der Waals surface area contributed by atoms with Crippen molar-refractivity contribution in [2.45, 2.75) is 37.9 Å². The molecule has 13 heavy (non-hydrogen) atoms. The topological polar surface area (TPSA) is 41.5 Å². The lowest BCUT2D eigenvalue weighted by molar-refractivity contribution is -0.172. The zero-order chi connectivity index (χ0) is 9.53. The molecule has 0 radical (unpaired) electrons. The van der Waals surface area contributed by atoms with E-state index in [1.54, 1.807) is 0 Å². The molecule has 2 saturated heterocycles. The molecule has 0 aromatic rings. The van der Waals surface area contributed by atoms with Crippen molar-refractivity contribution >= 4 is 0 Å². The Labute approximate surface area is 79.5 Å². The van der Waals surface area contributed by atoms with Crippen LogP contribution in [0.15, 0.2) is 0 Å². The van der Waals surface area contributed by atoms with Gasteiger partial charge in [0.1, 0.15) is 0 Å². The number of aliphatic hydroxyl groups is 1. The lowest BCUT2D eigenvalue weighted by atomic mass is 9.73. The molecule has 0 saturated carbocycles. The zero-order valence-corrected chi connectivity index (χ0v) is 8.47. The van der Waals surface area contributed by atoms with Gasteiger partial charge in [0.05, 0.1) is 17.8 Å². The number of hydrogen-bond donors (Lipinski definition) is 2. The van der Waals surface area contributed by atoms with Crippen LogP contribution in [0.1, 0.15) is 26.7 Å². The van der Waals surface area contributed by atoms with Gasteiger partial charge in [-0.1, -0.05) is 0 Å². The van der Waals surface area contributed by atoms with Crippen molar-refractivity contribution in [2.75, 3.05) is 19.7 Å². The van der Waals surface area contributed by atoms with Crippen LogP contribution < -0.4 is 5.32 Å². The molecule has 0 amide bonds. The number of nitrogens with one attached hydrogen (secondary N) is 1. The standard InChI is InChI=1S/C10H19NO2/c1-9(2)7-10(12,3-4-13-9)8-5-11-6-8/h8,11-12H,3-7H2,1-2H3. The first-order valence-electron chi connectivity index (χ1n) is 5.09. The van der Waals surface area contributed by atoms with E-state index < -0.39 is 5.60 Å². The van der Waals surface area contributed by atoms with Crippen LogP contribution in [0.2, 0.25) is 0 Å². The fraction of sp³-hybridized carbons (Fsp3) is 1.00. The Hall–Kier alpha value is -0.120. The molecule has 76 valence electrons. The fourth-order valence-corrected chi connectivity index (χ4v) is 2.40. The summed E-state index contributed by atoms with van der Waals surface area (Å²) in [5.74, 6) is 0.440. The maximum Gasteiger partial charge on any atom is 0.0749 e. The summed E-state index contributed by atoms with van der Waals surface area (Å²) < 4.78 is 5.60. The molecule has 2 fully saturated rings. The molecule has 1 unspecified atom stereocenters. The first-order chi connectivity index (χ1) is 6.02. The van der Waals surface area contributed by atoms with Crippen molar-refractivity contribution in [1.29, 1.82) is 0 Å². The number of ether oxygens (including phenoxy) is 1. The van der Waals surface area contributed by atoms with Gasteiger partial charge in [0.2, 0.25) is 0 Å². The van der Waals surface area contributed by atoms with E-state index in [4.69, 9.17) is 4.74 Å². The molecule has 2 N–H and O–H groups in total. The van der Waals surface area contributed by atoms with Crippen LogP contribution in [0.3, 0.4) is 0 Å². The molecule has 0 aromatic carbocycles. The second-order valence-corrected chi connectivity index (χ2v) is 4.99. The zero-order valence-electron chi connectivity index (χ0n) is 8.47. The van der Waals surface area contributed by atoms with Crippen molar-refractivity contribution in [3.8, 4) is 0 Å². The van der Waals surface area contributed by atoms with Crippen LogP contribution in [0.4, 0.5) is 0 Å². The highest BCUT2D eigenvalue weighted by Crippen LogP contribution is 2.38. The van der Waals surface area contributed by atoms with E-state index in [0.29, 0.717) is 12.5 Å². The Morgan fingerprint density at radius 1 is 1.38 bits per heavy atom. The lowest BCUT2D eigenvalue weighted by Crippen LogP contribution is -2.60. The molecule has 0 aliphatic carbocycles. The number of hydrogen-bond acceptors (Lipinski definition) is 3. The van der Waals surface area contributed by atoms with Gasteiger partial charge in [-0.3, -0.25) is 0 Å². The average molecular weight is 185 g/mol. The predicted molar refractivity (Wildman–Crippen MR) is 50.6 cm³/mol. The van der Waals surface area contributed by atoms with E-state index in [2.05, 4.69) is 19.2 Å². The van der Waals surface area contributed by atoms with Gasteiger partial charge in [0, 0.05) is 25.4 Å². The van der Waals surface area contributed by atoms with Crippen molar-refractivity contribution in [3.05, 3.63) is 0 Å². The third-order valence-corrected chi connectivity index (χ3v) is 3.30. The highest BCUT2D eigenvalue weighted by molar-refractivity contribution is 4.99. The van der Waals surface area contributed by atoms with Gasteiger partial charge in [-0.15, -0.1) is 0 Å². The average Bonchev–Trinajstić information content (AvgIpc) is 1.76. The highest BCUT2D eigenvalue weighted by atomic mass is 16.5. The molecule has 2 rings (SSSR count). The molecule has 1 atom stereocenters. The minimum absolute atomic E-state index is 0.150. The Balaban J connectivity index is 2.04. The maximum absolute atomic E-state index is 10.4. The summed E-state index contributed by atoms with van der Waals surface area (Å²) in [6.07, 6.45) is 1.56. The van der Waals surface area contributed by atoms with Gasteiger partial charge in [-0.2, -0.15) is 0 Å². The SMILES string of the molecule is CC1(C)CC(O)(C2CNC2)CCO1. The van der Waals surface area contributed by atoms with E-state index in [1.165, 1.54) is 0 Å². The minimum atomic E-state index is -0.479. The molecular weight excluding hydrogens is 166 g/mol. The second kappa shape index (κ2) is 2.94. The van der Waals surface area contributed by atoms with Gasteiger partial charge in [-0.05, 0) is 20.3 Å². The van der Waals surface area contributed by atoms with Gasteiger partial charge >= 0.3 is 0 Å². The summed E-state index contributed by atoms with van der Waals surface area (Å²) >= 11 is 0. The Morgan fingerprint density at radius 3 is 2.54 bits per heavy atom. The maximum atomic E-state index is 10.4. The molecule has 3 heteroatoms. The summed E-state index contributed by atoms with van der Waals surface area (Å²) in [5.41, 5.74) is -0.629. The van der Waals surface area contributed by atoms with Gasteiger partial charge < -0.3 is 15.2 Å². The molecule has 2 aliphatic heterocycles. The Kier molecular flexibility index (Phi) is 2.13. The summed E-state index contributed by atoms with van der Waals surface area (Å²) in [5, 5.41) is 13.6. The first kappa shape index (κ1) is 9.44. The summed E-state index contributed by atoms with van der Waals surface area (Å²) in [6.45, 7) is 6.74. The smallest absolute Gasteiger partial charge is 0.0749 e. The van der Waals surface area contributed by atoms with Crippen LogP contribution in [-0.4, -0.2) is 36.0 Å². The van der Waals surface area contributed by atoms with Gasteiger partial charge in [0.15, 0.2) is 0 Å². The fourth-order valence-electron chi connectivity index (χ4n) is 2.40. The predicted octanol–water partition coefficient (Wildman–Crippen LogP) is 0.526. The van der Waals surface area contributed by atoms with Crippen molar-refractivity contribution in [3.63, 3.8) is 0 Å². The molecule has 2 aliphatic rings. The quantitative estimate of drug-likeness (QED) is 0.626. The van der Waals surface area contributed by atoms with Crippen LogP contribution in [0, 0.1) is 5.92 Å². The largest absolute Gasteiger partial charge is 0.389 e. The van der Waals surface area contributed by atoms with Crippen LogP contribution in [0.5, 0.6) is 0 Å². The molecule has 2 heterocycles. The molecule has 0 aromatic heterocycles. The molecular formula is C10H19NO2. The van der Waals surface area contributed by atoms with Crippen molar-refractivity contribution < 1.29 is 9.84 Å². The van der Waals surface area contributed by atoms with E-state index in [1.807, 2.05) is 0 Å². The third-order valence-electron chi connectivity index (χ3n) is 3.30. The summed E-state index contributed by atoms with van der Waals surface area (Å²) in [6, 6.07) is 0. The monoisotopic (exact) mass is 185 g/mol. The van der Waals surface area contributed by atoms with Crippen molar-refractivity contribution in [1.82, 2.24) is 5.32 Å². The van der Waals surface area contributed by atoms with E-state index in [-0.39, 0.29) is 5.60 Å². The highest BCUT2D eigenvalue weighted by Gasteiger charge is 2.46. The Bertz CT molecular complexity index is 201. The minimum Gasteiger partial charge on any atom is -0.389 e. The summed E-state index contributed by atoms with van der Waals surface area (Å²) in [7, 11) is 0. The van der Waals surface area contributed by atoms with Crippen LogP contribution in [-0.2, 0) is 4.74 Å². The van der Waals surface area contributed by atoms with E-state index in [0.717, 1.165) is 25.9 Å². The normalized spacial score (nSPS) is 39.9. The first-order valence-corrected chi connectivity index (χ1v) is 5.09. The number of rotatable bonds is 1. The van der Waals surface area contributed by atoms with Crippen LogP contribution >= 0.6 is 0 Å². The molecule has 0 spiro atoms. The lowest BCUT2D eigenvalue weighted by Gasteiger charge is -2.49. The Morgan fingerprint density at radius 2 is 2.08 bits per heavy atom. The molecule has 0 bridgehead atoms. The van der Waals surface area contributed by atoms with E-state index >= 15 is 0 Å². The van der Waals surface area contributed by atoms with Gasteiger partial charge in [0.25, 0.3) is 0 Å². The molecule has 3 nitrogen and oxygen atoms in total.